The molecule has 1 unspecified atom stereocenters. The van der Waals surface area contributed by atoms with E-state index in [1.807, 2.05) is 0 Å². The quantitative estimate of drug-likeness (QED) is 0.436. The van der Waals surface area contributed by atoms with Crippen molar-refractivity contribution in [1.82, 2.24) is 4.90 Å². The summed E-state index contributed by atoms with van der Waals surface area (Å²) in [6.07, 6.45) is -3.31. The van der Waals surface area contributed by atoms with Gasteiger partial charge in [0.1, 0.15) is 5.76 Å². The highest BCUT2D eigenvalue weighted by Gasteiger charge is 2.44. The number of allylic oxidation sites excluding steroid dienone is 2. The van der Waals surface area contributed by atoms with Crippen LogP contribution >= 0.6 is 23.1 Å². The van der Waals surface area contributed by atoms with Crippen molar-refractivity contribution in [3.8, 4) is 0 Å². The Hall–Kier alpha value is -2.34. The van der Waals surface area contributed by atoms with E-state index in [4.69, 9.17) is 5.11 Å². The van der Waals surface area contributed by atoms with Gasteiger partial charge in [0.15, 0.2) is 5.83 Å². The van der Waals surface area contributed by atoms with E-state index in [2.05, 4.69) is 0 Å². The molecule has 0 fully saturated rings. The van der Waals surface area contributed by atoms with Gasteiger partial charge in [-0.1, -0.05) is 0 Å². The highest BCUT2D eigenvalue weighted by Crippen LogP contribution is 2.46. The van der Waals surface area contributed by atoms with E-state index in [0.717, 1.165) is 17.0 Å². The number of carboxylic acid groups (broad SMARTS) is 1. The molecule has 2 N–H and O–H groups in total. The number of aliphatic hydroxyl groups is 1. The van der Waals surface area contributed by atoms with Gasteiger partial charge in [0.05, 0.1) is 21.5 Å². The standard InChI is InChI=1S/C18H14F5NO4S2/c1-7-8(6-12(26)27)14-9(2-3-10(25)15(14)19)24(7)16(28)11-4-5-13(29-11)30-18(22,23)17(20)21/h3-5,9,17,25H,2,6H2,1H3,(H,26,27). The third-order valence-corrected chi connectivity index (χ3v) is 6.75. The topological polar surface area (TPSA) is 77.8 Å². The van der Waals surface area contributed by atoms with Gasteiger partial charge in [-0.3, -0.25) is 9.59 Å². The van der Waals surface area contributed by atoms with Crippen LogP contribution < -0.4 is 0 Å². The summed E-state index contributed by atoms with van der Waals surface area (Å²) in [5.41, 5.74) is 0.0770. The summed E-state index contributed by atoms with van der Waals surface area (Å²) in [4.78, 5) is 25.3. The number of nitrogens with zero attached hydrogens (tertiary/aromatic N) is 1. The lowest BCUT2D eigenvalue weighted by Crippen LogP contribution is -2.36. The van der Waals surface area contributed by atoms with Crippen LogP contribution in [-0.4, -0.2) is 44.7 Å². The minimum Gasteiger partial charge on any atom is -0.505 e. The van der Waals surface area contributed by atoms with Gasteiger partial charge in [0, 0.05) is 11.3 Å². The number of carbonyl (C=O) groups excluding carboxylic acids is 1. The van der Waals surface area contributed by atoms with E-state index in [1.165, 1.54) is 13.0 Å². The molecule has 1 atom stereocenters. The highest BCUT2D eigenvalue weighted by molar-refractivity contribution is 8.02. The Morgan fingerprint density at radius 1 is 1.37 bits per heavy atom. The molecule has 1 aliphatic heterocycles. The van der Waals surface area contributed by atoms with E-state index in [9.17, 15) is 36.6 Å². The molecule has 2 heterocycles. The van der Waals surface area contributed by atoms with Gasteiger partial charge < -0.3 is 15.1 Å². The van der Waals surface area contributed by atoms with Crippen LogP contribution in [0.3, 0.4) is 0 Å². The molecule has 0 radical (unpaired) electrons. The summed E-state index contributed by atoms with van der Waals surface area (Å²) in [5.74, 6) is -3.67. The van der Waals surface area contributed by atoms with Crippen LogP contribution in [-0.2, 0) is 4.79 Å². The first-order chi connectivity index (χ1) is 13.9. The molecule has 0 saturated heterocycles. The predicted octanol–water partition coefficient (Wildman–Crippen LogP) is 5.34. The van der Waals surface area contributed by atoms with E-state index < -0.39 is 47.6 Å². The molecular formula is C18H14F5NO4S2. The maximum Gasteiger partial charge on any atom is 0.358 e. The summed E-state index contributed by atoms with van der Waals surface area (Å²) in [7, 11) is 0. The Labute approximate surface area is 175 Å². The van der Waals surface area contributed by atoms with E-state index >= 15 is 0 Å². The molecule has 0 spiro atoms. The van der Waals surface area contributed by atoms with E-state index in [-0.39, 0.29) is 44.1 Å². The first kappa shape index (κ1) is 22.3. The van der Waals surface area contributed by atoms with Crippen LogP contribution in [0.2, 0.25) is 0 Å². The number of alkyl halides is 4. The number of halogens is 5. The van der Waals surface area contributed by atoms with Gasteiger partial charge in [0.25, 0.3) is 5.91 Å². The van der Waals surface area contributed by atoms with Crippen molar-refractivity contribution >= 4 is 35.0 Å². The van der Waals surface area contributed by atoms with Crippen molar-refractivity contribution in [2.45, 2.75) is 41.7 Å². The number of carbonyl (C=O) groups is 2. The molecule has 162 valence electrons. The average Bonchev–Trinajstić information content (AvgIpc) is 3.20. The second-order valence-corrected chi connectivity index (χ2v) is 8.99. The zero-order valence-electron chi connectivity index (χ0n) is 15.2. The van der Waals surface area contributed by atoms with E-state index in [0.29, 0.717) is 11.3 Å². The van der Waals surface area contributed by atoms with Crippen LogP contribution in [0.5, 0.6) is 0 Å². The number of thiophene rings is 1. The normalized spacial score (nSPS) is 19.5. The van der Waals surface area contributed by atoms with Crippen molar-refractivity contribution in [3.63, 3.8) is 0 Å². The fourth-order valence-corrected chi connectivity index (χ4v) is 5.25. The number of thioether (sulfide) groups is 1. The van der Waals surface area contributed by atoms with Crippen LogP contribution in [0.4, 0.5) is 22.0 Å². The molecule has 1 aromatic heterocycles. The number of rotatable bonds is 6. The fourth-order valence-electron chi connectivity index (χ4n) is 3.31. The first-order valence-corrected chi connectivity index (χ1v) is 10.1. The second kappa shape index (κ2) is 8.06. The summed E-state index contributed by atoms with van der Waals surface area (Å²) < 4.78 is 65.7. The Balaban J connectivity index is 1.95. The Morgan fingerprint density at radius 2 is 2.03 bits per heavy atom. The number of amides is 1. The largest absolute Gasteiger partial charge is 0.505 e. The van der Waals surface area contributed by atoms with Gasteiger partial charge >= 0.3 is 17.6 Å². The molecule has 0 aromatic carbocycles. The zero-order chi connectivity index (χ0) is 22.4. The van der Waals surface area contributed by atoms with Crippen LogP contribution in [0.25, 0.3) is 0 Å². The van der Waals surface area contributed by atoms with Gasteiger partial charge in [-0.25, -0.2) is 13.2 Å². The molecule has 2 aliphatic rings. The lowest BCUT2D eigenvalue weighted by molar-refractivity contribution is -0.136. The van der Waals surface area contributed by atoms with E-state index in [1.54, 1.807) is 0 Å². The Kier molecular flexibility index (Phi) is 6.01. The summed E-state index contributed by atoms with van der Waals surface area (Å²) in [5, 5.41) is 14.5. The summed E-state index contributed by atoms with van der Waals surface area (Å²) >= 11 is 0.206. The SMILES string of the molecule is CC1=C(CC(=O)O)C2=C(F)C(O)=CCC2N1C(=O)c1ccc(SC(F)(F)C(F)F)s1. The minimum atomic E-state index is -4.33. The molecule has 12 heteroatoms. The molecule has 1 aromatic rings. The van der Waals surface area contributed by atoms with Crippen molar-refractivity contribution < 1.29 is 41.8 Å². The number of hydrogen-bond donors (Lipinski definition) is 2. The monoisotopic (exact) mass is 467 g/mol. The van der Waals surface area contributed by atoms with Crippen LogP contribution in [0.1, 0.15) is 29.4 Å². The molecular weight excluding hydrogens is 453 g/mol. The molecule has 3 rings (SSSR count). The number of fused-ring (bicyclic) bond motifs is 1. The zero-order valence-corrected chi connectivity index (χ0v) is 16.8. The van der Waals surface area contributed by atoms with Gasteiger partial charge in [-0.05, 0) is 48.9 Å². The lowest BCUT2D eigenvalue weighted by atomic mass is 9.92. The maximum atomic E-state index is 14.6. The Bertz CT molecular complexity index is 998. The molecule has 5 nitrogen and oxygen atoms in total. The lowest BCUT2D eigenvalue weighted by Gasteiger charge is -2.28. The minimum absolute atomic E-state index is 0.0111. The molecule has 30 heavy (non-hydrogen) atoms. The predicted molar refractivity (Wildman–Crippen MR) is 99.5 cm³/mol. The fraction of sp³-hybridized carbons (Fsp3) is 0.333. The number of aliphatic hydroxyl groups excluding tert-OH is 1. The van der Waals surface area contributed by atoms with Crippen molar-refractivity contribution in [2.75, 3.05) is 0 Å². The van der Waals surface area contributed by atoms with Crippen LogP contribution in [0, 0.1) is 0 Å². The third-order valence-electron chi connectivity index (χ3n) is 4.59. The Morgan fingerprint density at radius 3 is 2.63 bits per heavy atom. The van der Waals surface area contributed by atoms with Crippen molar-refractivity contribution in [1.29, 1.82) is 0 Å². The summed E-state index contributed by atoms with van der Waals surface area (Å²) in [6, 6.07) is 1.38. The van der Waals surface area contributed by atoms with Gasteiger partial charge in [0.2, 0.25) is 0 Å². The number of aliphatic carboxylic acids is 1. The van der Waals surface area contributed by atoms with Crippen molar-refractivity contribution in [2.24, 2.45) is 0 Å². The van der Waals surface area contributed by atoms with Gasteiger partial charge in [-0.15, -0.1) is 11.3 Å². The molecule has 1 amide bonds. The first-order valence-electron chi connectivity index (χ1n) is 8.43. The third kappa shape index (κ3) is 3.97. The maximum absolute atomic E-state index is 14.6. The van der Waals surface area contributed by atoms with Crippen molar-refractivity contribution in [3.05, 3.63) is 51.5 Å². The molecule has 1 aliphatic carbocycles. The number of carboxylic acids is 1. The molecule has 0 bridgehead atoms. The summed E-state index contributed by atoms with van der Waals surface area (Å²) in [6.45, 7) is 1.42. The second-order valence-electron chi connectivity index (χ2n) is 6.46. The number of hydrogen-bond acceptors (Lipinski definition) is 5. The molecule has 0 saturated carbocycles. The van der Waals surface area contributed by atoms with Crippen LogP contribution in [0.15, 0.2) is 50.8 Å². The average molecular weight is 467 g/mol. The highest BCUT2D eigenvalue weighted by atomic mass is 32.2. The van der Waals surface area contributed by atoms with Gasteiger partial charge in [-0.2, -0.15) is 8.78 Å². The smallest absolute Gasteiger partial charge is 0.358 e.